The Morgan fingerprint density at radius 1 is 0.833 bits per heavy atom. The van der Waals surface area contributed by atoms with Gasteiger partial charge in [-0.15, -0.1) is 0 Å². The van der Waals surface area contributed by atoms with Gasteiger partial charge >= 0.3 is 5.97 Å². The van der Waals surface area contributed by atoms with Crippen LogP contribution in [0.4, 0.5) is 5.69 Å². The minimum atomic E-state index is -1.04. The molecule has 0 saturated heterocycles. The molecule has 0 aliphatic heterocycles. The fourth-order valence-corrected chi connectivity index (χ4v) is 2.87. The van der Waals surface area contributed by atoms with Crippen molar-refractivity contribution in [3.8, 4) is 0 Å². The van der Waals surface area contributed by atoms with Gasteiger partial charge in [-0.2, -0.15) is 0 Å². The molecule has 4 nitrogen and oxygen atoms in total. The fraction of sp³-hybridized carbons (Fsp3) is 0.300. The molecule has 0 aliphatic rings. The van der Waals surface area contributed by atoms with Gasteiger partial charge in [-0.3, -0.25) is 4.79 Å². The lowest BCUT2D eigenvalue weighted by molar-refractivity contribution is 0.0697. The Morgan fingerprint density at radius 2 is 1.33 bits per heavy atom. The minimum Gasteiger partial charge on any atom is -0.478 e. The summed E-state index contributed by atoms with van der Waals surface area (Å²) in [6.07, 6.45) is 0. The van der Waals surface area contributed by atoms with Crippen LogP contribution in [0.2, 0.25) is 0 Å². The van der Waals surface area contributed by atoms with Crippen molar-refractivity contribution in [2.75, 3.05) is 5.32 Å². The molecule has 0 saturated carbocycles. The first-order chi connectivity index (χ1) is 11.1. The van der Waals surface area contributed by atoms with Gasteiger partial charge in [0.15, 0.2) is 0 Å². The van der Waals surface area contributed by atoms with Gasteiger partial charge in [0, 0.05) is 11.3 Å². The van der Waals surface area contributed by atoms with Crippen LogP contribution in [-0.4, -0.2) is 17.0 Å². The molecule has 0 radical (unpaired) electrons. The summed E-state index contributed by atoms with van der Waals surface area (Å²) in [5.41, 5.74) is 7.65. The number of carboxylic acid groups (broad SMARTS) is 1. The Labute approximate surface area is 142 Å². The summed E-state index contributed by atoms with van der Waals surface area (Å²) in [6, 6.07) is 4.58. The number of carbonyl (C=O) groups is 2. The Balaban J connectivity index is 2.48. The third-order valence-corrected chi connectivity index (χ3v) is 4.97. The van der Waals surface area contributed by atoms with E-state index in [0.717, 1.165) is 33.5 Å². The van der Waals surface area contributed by atoms with Crippen LogP contribution in [0.15, 0.2) is 18.2 Å². The quantitative estimate of drug-likeness (QED) is 0.874. The maximum absolute atomic E-state index is 12.7. The molecule has 0 bridgehead atoms. The number of hydrogen-bond donors (Lipinski definition) is 2. The Bertz CT molecular complexity index is 821. The van der Waals surface area contributed by atoms with Crippen LogP contribution < -0.4 is 5.32 Å². The van der Waals surface area contributed by atoms with Crippen molar-refractivity contribution < 1.29 is 14.7 Å². The first-order valence-corrected chi connectivity index (χ1v) is 7.87. The smallest absolute Gasteiger partial charge is 0.335 e. The molecule has 2 aromatic rings. The fourth-order valence-electron chi connectivity index (χ4n) is 2.87. The molecule has 0 fully saturated rings. The van der Waals surface area contributed by atoms with Crippen LogP contribution in [0, 0.1) is 41.5 Å². The van der Waals surface area contributed by atoms with Crippen molar-refractivity contribution in [1.82, 2.24) is 0 Å². The van der Waals surface area contributed by atoms with Gasteiger partial charge in [0.25, 0.3) is 5.91 Å². The van der Waals surface area contributed by atoms with E-state index in [1.807, 2.05) is 27.7 Å². The number of hydrogen-bond acceptors (Lipinski definition) is 2. The summed E-state index contributed by atoms with van der Waals surface area (Å²) >= 11 is 0. The molecule has 126 valence electrons. The highest BCUT2D eigenvalue weighted by Gasteiger charge is 2.17. The van der Waals surface area contributed by atoms with Gasteiger partial charge in [0.2, 0.25) is 0 Å². The van der Waals surface area contributed by atoms with E-state index in [4.69, 9.17) is 5.11 Å². The Hall–Kier alpha value is -2.62. The highest BCUT2D eigenvalue weighted by molar-refractivity contribution is 6.07. The molecule has 0 atom stereocenters. The van der Waals surface area contributed by atoms with Gasteiger partial charge in [-0.25, -0.2) is 4.79 Å². The van der Waals surface area contributed by atoms with Crippen molar-refractivity contribution in [3.05, 3.63) is 62.7 Å². The second-order valence-electron chi connectivity index (χ2n) is 6.29. The van der Waals surface area contributed by atoms with Crippen LogP contribution in [0.25, 0.3) is 0 Å². The first-order valence-electron chi connectivity index (χ1n) is 7.87. The molecule has 0 unspecified atom stereocenters. The molecule has 2 N–H and O–H groups in total. The number of nitrogens with one attached hydrogen (secondary N) is 1. The topological polar surface area (TPSA) is 66.4 Å². The number of rotatable bonds is 3. The van der Waals surface area contributed by atoms with E-state index in [2.05, 4.69) is 12.2 Å². The maximum atomic E-state index is 12.7. The molecule has 2 rings (SSSR count). The molecular weight excluding hydrogens is 302 g/mol. The molecule has 0 aromatic heterocycles. The van der Waals surface area contributed by atoms with Gasteiger partial charge in [0.05, 0.1) is 5.56 Å². The summed E-state index contributed by atoms with van der Waals surface area (Å²) in [5, 5.41) is 12.1. The molecule has 4 heteroatoms. The lowest BCUT2D eigenvalue weighted by Crippen LogP contribution is -2.17. The zero-order valence-corrected chi connectivity index (χ0v) is 15.0. The summed E-state index contributed by atoms with van der Waals surface area (Å²) in [6.45, 7) is 11.9. The van der Waals surface area contributed by atoms with Crippen LogP contribution in [0.5, 0.6) is 0 Å². The highest BCUT2D eigenvalue weighted by atomic mass is 16.4. The Kier molecular flexibility index (Phi) is 4.78. The normalized spacial score (nSPS) is 10.6. The average Bonchev–Trinajstić information content (AvgIpc) is 2.55. The molecule has 0 spiro atoms. The van der Waals surface area contributed by atoms with Gasteiger partial charge in [-0.05, 0) is 87.1 Å². The minimum absolute atomic E-state index is 0.107. The predicted octanol–water partition coefficient (Wildman–Crippen LogP) is 4.49. The number of benzene rings is 2. The SMILES string of the molecule is Cc1ccc(C(=O)O)cc1C(=O)Nc1c(C)c(C)c(C)c(C)c1C. The number of carbonyl (C=O) groups excluding carboxylic acids is 1. The van der Waals surface area contributed by atoms with Crippen LogP contribution in [-0.2, 0) is 0 Å². The monoisotopic (exact) mass is 325 g/mol. The van der Waals surface area contributed by atoms with E-state index in [1.165, 1.54) is 17.7 Å². The van der Waals surface area contributed by atoms with E-state index in [9.17, 15) is 9.59 Å². The van der Waals surface area contributed by atoms with Crippen LogP contribution in [0.1, 0.15) is 54.1 Å². The number of amides is 1. The summed E-state index contributed by atoms with van der Waals surface area (Å²) in [5.74, 6) is -1.33. The average molecular weight is 325 g/mol. The van der Waals surface area contributed by atoms with E-state index < -0.39 is 5.97 Å². The zero-order valence-electron chi connectivity index (χ0n) is 15.0. The third-order valence-electron chi connectivity index (χ3n) is 4.97. The number of aryl methyl sites for hydroxylation is 1. The van der Waals surface area contributed by atoms with E-state index >= 15 is 0 Å². The largest absolute Gasteiger partial charge is 0.478 e. The highest BCUT2D eigenvalue weighted by Crippen LogP contribution is 2.30. The predicted molar refractivity (Wildman–Crippen MR) is 96.2 cm³/mol. The van der Waals surface area contributed by atoms with Gasteiger partial charge in [0.1, 0.15) is 0 Å². The van der Waals surface area contributed by atoms with Crippen molar-refractivity contribution in [2.45, 2.75) is 41.5 Å². The van der Waals surface area contributed by atoms with Crippen molar-refractivity contribution in [3.63, 3.8) is 0 Å². The van der Waals surface area contributed by atoms with Gasteiger partial charge < -0.3 is 10.4 Å². The van der Waals surface area contributed by atoms with Crippen molar-refractivity contribution in [1.29, 1.82) is 0 Å². The lowest BCUT2D eigenvalue weighted by Gasteiger charge is -2.19. The molecule has 24 heavy (non-hydrogen) atoms. The van der Waals surface area contributed by atoms with Gasteiger partial charge in [-0.1, -0.05) is 6.07 Å². The molecule has 2 aromatic carbocycles. The standard InChI is InChI=1S/C20H23NO3/c1-10-7-8-16(20(23)24)9-17(10)19(22)21-18-14(5)12(3)11(2)13(4)15(18)6/h7-9H,1-6H3,(H,21,22)(H,23,24). The molecule has 0 aliphatic carbocycles. The van der Waals surface area contributed by atoms with E-state index in [1.54, 1.807) is 13.0 Å². The molecular formula is C20H23NO3. The van der Waals surface area contributed by atoms with E-state index in [0.29, 0.717) is 5.56 Å². The maximum Gasteiger partial charge on any atom is 0.335 e. The Morgan fingerprint density at radius 3 is 1.83 bits per heavy atom. The summed E-state index contributed by atoms with van der Waals surface area (Å²) in [7, 11) is 0. The van der Waals surface area contributed by atoms with Crippen molar-refractivity contribution in [2.24, 2.45) is 0 Å². The van der Waals surface area contributed by atoms with Crippen molar-refractivity contribution >= 4 is 17.6 Å². The number of aromatic carboxylic acids is 1. The summed E-state index contributed by atoms with van der Waals surface area (Å²) in [4.78, 5) is 23.9. The van der Waals surface area contributed by atoms with Crippen LogP contribution in [0.3, 0.4) is 0 Å². The number of anilines is 1. The second kappa shape index (κ2) is 6.48. The molecule has 0 heterocycles. The number of carboxylic acids is 1. The zero-order chi connectivity index (χ0) is 18.2. The third kappa shape index (κ3) is 3.04. The second-order valence-corrected chi connectivity index (χ2v) is 6.29. The summed E-state index contributed by atoms with van der Waals surface area (Å²) < 4.78 is 0. The van der Waals surface area contributed by atoms with Crippen LogP contribution >= 0.6 is 0 Å². The first kappa shape index (κ1) is 17.7. The molecule has 1 amide bonds. The van der Waals surface area contributed by atoms with E-state index in [-0.39, 0.29) is 11.5 Å². The lowest BCUT2D eigenvalue weighted by atomic mass is 9.92.